The topological polar surface area (TPSA) is 49.4 Å². The van der Waals surface area contributed by atoms with Gasteiger partial charge in [0.15, 0.2) is 0 Å². The number of sulfonamides is 1. The smallest absolute Gasteiger partial charge is 0.242 e. The van der Waals surface area contributed by atoms with E-state index in [4.69, 9.17) is 0 Å². The maximum absolute atomic E-state index is 11.9. The number of rotatable bonds is 2. The molecule has 16 heavy (non-hydrogen) atoms. The minimum Gasteiger partial charge on any atom is -0.384 e. The van der Waals surface area contributed by atoms with E-state index in [0.717, 1.165) is 17.8 Å². The first kappa shape index (κ1) is 11.4. The van der Waals surface area contributed by atoms with Crippen LogP contribution in [0, 0.1) is 0 Å². The minimum absolute atomic E-state index is 0.367. The van der Waals surface area contributed by atoms with E-state index in [9.17, 15) is 8.42 Å². The maximum atomic E-state index is 11.9. The highest BCUT2D eigenvalue weighted by Gasteiger charge is 2.23. The first-order chi connectivity index (χ1) is 7.43. The first-order valence-electron chi connectivity index (χ1n) is 5.23. The van der Waals surface area contributed by atoms with Crippen LogP contribution in [0.15, 0.2) is 23.1 Å². The molecule has 1 unspecified atom stereocenters. The van der Waals surface area contributed by atoms with Crippen LogP contribution in [0.5, 0.6) is 0 Å². The van der Waals surface area contributed by atoms with Gasteiger partial charge in [-0.15, -0.1) is 0 Å². The van der Waals surface area contributed by atoms with Crippen LogP contribution in [0.1, 0.15) is 18.4 Å². The number of fused-ring (bicyclic) bond motifs is 1. The van der Waals surface area contributed by atoms with Gasteiger partial charge in [0.25, 0.3) is 0 Å². The van der Waals surface area contributed by atoms with Crippen molar-refractivity contribution in [2.75, 3.05) is 26.0 Å². The number of anilines is 1. The molecule has 1 N–H and O–H groups in total. The Kier molecular flexibility index (Phi) is 2.67. The van der Waals surface area contributed by atoms with Crippen molar-refractivity contribution in [3.8, 4) is 0 Å². The van der Waals surface area contributed by atoms with Crippen molar-refractivity contribution < 1.29 is 8.42 Å². The van der Waals surface area contributed by atoms with Gasteiger partial charge in [-0.05, 0) is 23.8 Å². The van der Waals surface area contributed by atoms with E-state index in [0.29, 0.717) is 10.8 Å². The molecule has 0 radical (unpaired) electrons. The molecule has 0 saturated carbocycles. The second-order valence-corrected chi connectivity index (χ2v) is 6.47. The predicted molar refractivity (Wildman–Crippen MR) is 64.2 cm³/mol. The lowest BCUT2D eigenvalue weighted by molar-refractivity contribution is 0.520. The van der Waals surface area contributed by atoms with Crippen molar-refractivity contribution in [2.45, 2.75) is 17.7 Å². The van der Waals surface area contributed by atoms with Crippen LogP contribution in [-0.2, 0) is 10.0 Å². The van der Waals surface area contributed by atoms with Gasteiger partial charge in [-0.25, -0.2) is 12.7 Å². The molecule has 0 fully saturated rings. The Bertz CT molecular complexity index is 509. The lowest BCUT2D eigenvalue weighted by atomic mass is 10.0. The summed E-state index contributed by atoms with van der Waals surface area (Å²) in [6.07, 6.45) is 0. The molecule has 1 aromatic rings. The third-order valence-corrected chi connectivity index (χ3v) is 4.74. The molecule has 88 valence electrons. The average Bonchev–Trinajstić information content (AvgIpc) is 2.60. The van der Waals surface area contributed by atoms with Crippen molar-refractivity contribution >= 4 is 15.7 Å². The second kappa shape index (κ2) is 3.75. The number of benzene rings is 1. The summed E-state index contributed by atoms with van der Waals surface area (Å²) in [4.78, 5) is 0.367. The third kappa shape index (κ3) is 1.70. The Labute approximate surface area is 96.3 Å². The van der Waals surface area contributed by atoms with E-state index in [1.54, 1.807) is 26.2 Å². The van der Waals surface area contributed by atoms with Crippen LogP contribution in [0.3, 0.4) is 0 Å². The quantitative estimate of drug-likeness (QED) is 0.851. The number of hydrogen-bond donors (Lipinski definition) is 1. The van der Waals surface area contributed by atoms with Crippen molar-refractivity contribution in [2.24, 2.45) is 0 Å². The standard InChI is InChI=1S/C11H16N2O2S/c1-8-7-12-11-5-4-9(6-10(8)11)16(14,15)13(2)3/h4-6,8,12H,7H2,1-3H3. The number of nitrogens with one attached hydrogen (secondary N) is 1. The van der Waals surface area contributed by atoms with E-state index in [1.807, 2.05) is 6.07 Å². The number of hydrogen-bond acceptors (Lipinski definition) is 3. The fourth-order valence-corrected chi connectivity index (χ4v) is 2.79. The van der Waals surface area contributed by atoms with Gasteiger partial charge in [-0.2, -0.15) is 0 Å². The maximum Gasteiger partial charge on any atom is 0.242 e. The molecule has 0 aromatic heterocycles. The van der Waals surface area contributed by atoms with Crippen LogP contribution in [0.4, 0.5) is 5.69 Å². The fourth-order valence-electron chi connectivity index (χ4n) is 1.85. The van der Waals surface area contributed by atoms with Gasteiger partial charge in [-0.1, -0.05) is 6.92 Å². The lowest BCUT2D eigenvalue weighted by Gasteiger charge is -2.12. The van der Waals surface area contributed by atoms with E-state index in [1.165, 1.54) is 4.31 Å². The molecule has 2 rings (SSSR count). The molecular formula is C11H16N2O2S. The molecular weight excluding hydrogens is 224 g/mol. The largest absolute Gasteiger partial charge is 0.384 e. The molecule has 1 heterocycles. The summed E-state index contributed by atoms with van der Waals surface area (Å²) in [5.74, 6) is 0.368. The van der Waals surface area contributed by atoms with E-state index in [-0.39, 0.29) is 0 Å². The summed E-state index contributed by atoms with van der Waals surface area (Å²) >= 11 is 0. The Morgan fingerprint density at radius 3 is 2.69 bits per heavy atom. The molecule has 1 aliphatic rings. The Morgan fingerprint density at radius 2 is 2.06 bits per heavy atom. The van der Waals surface area contributed by atoms with Gasteiger partial charge in [0.1, 0.15) is 0 Å². The first-order valence-corrected chi connectivity index (χ1v) is 6.67. The van der Waals surface area contributed by atoms with Crippen molar-refractivity contribution in [3.05, 3.63) is 23.8 Å². The summed E-state index contributed by atoms with van der Waals surface area (Å²) < 4.78 is 25.1. The highest BCUT2D eigenvalue weighted by molar-refractivity contribution is 7.89. The summed E-state index contributed by atoms with van der Waals surface area (Å²) in [7, 11) is -0.225. The summed E-state index contributed by atoms with van der Waals surface area (Å²) in [6, 6.07) is 5.27. The predicted octanol–water partition coefficient (Wildman–Crippen LogP) is 1.47. The van der Waals surface area contributed by atoms with Crippen LogP contribution >= 0.6 is 0 Å². The van der Waals surface area contributed by atoms with Gasteiger partial charge < -0.3 is 5.32 Å². The van der Waals surface area contributed by atoms with E-state index >= 15 is 0 Å². The Morgan fingerprint density at radius 1 is 1.38 bits per heavy atom. The van der Waals surface area contributed by atoms with Crippen molar-refractivity contribution in [3.63, 3.8) is 0 Å². The molecule has 0 bridgehead atoms. The Balaban J connectivity index is 2.51. The molecule has 4 nitrogen and oxygen atoms in total. The normalized spacial score (nSPS) is 19.6. The van der Waals surface area contributed by atoms with Gasteiger partial charge in [0.2, 0.25) is 10.0 Å². The molecule has 1 aliphatic heterocycles. The summed E-state index contributed by atoms with van der Waals surface area (Å²) in [5, 5.41) is 3.25. The lowest BCUT2D eigenvalue weighted by Crippen LogP contribution is -2.22. The molecule has 5 heteroatoms. The zero-order chi connectivity index (χ0) is 11.9. The molecule has 1 aromatic carbocycles. The zero-order valence-corrected chi connectivity index (χ0v) is 10.5. The summed E-state index contributed by atoms with van der Waals surface area (Å²) in [5.41, 5.74) is 2.13. The van der Waals surface area contributed by atoms with Crippen LogP contribution in [0.25, 0.3) is 0 Å². The van der Waals surface area contributed by atoms with Gasteiger partial charge in [0, 0.05) is 32.2 Å². The zero-order valence-electron chi connectivity index (χ0n) is 9.69. The van der Waals surface area contributed by atoms with Gasteiger partial charge in [0.05, 0.1) is 4.90 Å². The SMILES string of the molecule is CC1CNc2ccc(S(=O)(=O)N(C)C)cc21. The minimum atomic E-state index is -3.32. The molecule has 0 amide bonds. The number of nitrogens with zero attached hydrogens (tertiary/aromatic N) is 1. The third-order valence-electron chi connectivity index (χ3n) is 2.93. The molecule has 0 spiro atoms. The highest BCUT2D eigenvalue weighted by Crippen LogP contribution is 2.33. The fraction of sp³-hybridized carbons (Fsp3) is 0.455. The van der Waals surface area contributed by atoms with Gasteiger partial charge >= 0.3 is 0 Å². The molecule has 1 atom stereocenters. The van der Waals surface area contributed by atoms with E-state index in [2.05, 4.69) is 12.2 Å². The van der Waals surface area contributed by atoms with Gasteiger partial charge in [-0.3, -0.25) is 0 Å². The highest BCUT2D eigenvalue weighted by atomic mass is 32.2. The molecule has 0 saturated heterocycles. The van der Waals surface area contributed by atoms with Crippen molar-refractivity contribution in [1.82, 2.24) is 4.31 Å². The summed E-state index contributed by atoms with van der Waals surface area (Å²) in [6.45, 7) is 2.96. The average molecular weight is 240 g/mol. The second-order valence-electron chi connectivity index (χ2n) is 4.32. The van der Waals surface area contributed by atoms with E-state index < -0.39 is 10.0 Å². The Hall–Kier alpha value is -1.07. The van der Waals surface area contributed by atoms with Crippen LogP contribution < -0.4 is 5.32 Å². The molecule has 0 aliphatic carbocycles. The van der Waals surface area contributed by atoms with Crippen LogP contribution in [-0.4, -0.2) is 33.4 Å². The van der Waals surface area contributed by atoms with Crippen molar-refractivity contribution in [1.29, 1.82) is 0 Å². The monoisotopic (exact) mass is 240 g/mol. The van der Waals surface area contributed by atoms with Crippen LogP contribution in [0.2, 0.25) is 0 Å².